The number of hydrogen-bond donors (Lipinski definition) is 1. The molecule has 4 aromatic rings. The molecule has 2 heterocycles. The van der Waals surface area contributed by atoms with E-state index in [1.54, 1.807) is 10.6 Å². The predicted molar refractivity (Wildman–Crippen MR) is 120 cm³/mol. The summed E-state index contributed by atoms with van der Waals surface area (Å²) >= 11 is 0. The molecule has 0 fully saturated rings. The zero-order valence-corrected chi connectivity index (χ0v) is 18.2. The van der Waals surface area contributed by atoms with Gasteiger partial charge in [0.25, 0.3) is 5.56 Å². The Hall–Kier alpha value is -3.81. The van der Waals surface area contributed by atoms with Crippen LogP contribution in [0.15, 0.2) is 65.5 Å². The van der Waals surface area contributed by atoms with Crippen molar-refractivity contribution in [2.45, 2.75) is 45.8 Å². The van der Waals surface area contributed by atoms with Crippen LogP contribution in [0.5, 0.6) is 5.75 Å². The third-order valence-corrected chi connectivity index (χ3v) is 5.20. The predicted octanol–water partition coefficient (Wildman–Crippen LogP) is 3.62. The summed E-state index contributed by atoms with van der Waals surface area (Å²) < 4.78 is 7.97. The standard InChI is InChI=1S/C24H26N6O2/c1-3-4-10-21-25-17(2)15-22(31)30(21)16-18-11-13-20(14-12-18)32-23(24-26-28-29-27-24)19-8-6-5-7-9-19/h5-9,11-15,23H,3-4,10,16H2,1-2H3,(H,26,27,28,29). The van der Waals surface area contributed by atoms with Crippen LogP contribution in [-0.4, -0.2) is 30.2 Å². The highest BCUT2D eigenvalue weighted by atomic mass is 16.5. The molecule has 32 heavy (non-hydrogen) atoms. The van der Waals surface area contributed by atoms with E-state index in [4.69, 9.17) is 4.74 Å². The first-order chi connectivity index (χ1) is 15.6. The van der Waals surface area contributed by atoms with Crippen LogP contribution in [-0.2, 0) is 13.0 Å². The van der Waals surface area contributed by atoms with E-state index >= 15 is 0 Å². The Morgan fingerprint density at radius 2 is 1.88 bits per heavy atom. The molecule has 8 heteroatoms. The van der Waals surface area contributed by atoms with Gasteiger partial charge in [-0.3, -0.25) is 9.36 Å². The molecule has 0 saturated carbocycles. The van der Waals surface area contributed by atoms with Crippen molar-refractivity contribution in [3.05, 3.63) is 99.5 Å². The monoisotopic (exact) mass is 430 g/mol. The second-order valence-corrected chi connectivity index (χ2v) is 7.68. The van der Waals surface area contributed by atoms with E-state index in [1.165, 1.54) is 0 Å². The Labute approximate surface area is 186 Å². The molecule has 0 aliphatic rings. The van der Waals surface area contributed by atoms with E-state index in [0.29, 0.717) is 18.1 Å². The fourth-order valence-electron chi connectivity index (χ4n) is 3.55. The Morgan fingerprint density at radius 1 is 1.09 bits per heavy atom. The third kappa shape index (κ3) is 5.08. The zero-order chi connectivity index (χ0) is 22.3. The number of aromatic nitrogens is 6. The molecule has 1 atom stereocenters. The van der Waals surface area contributed by atoms with Gasteiger partial charge >= 0.3 is 0 Å². The van der Waals surface area contributed by atoms with Crippen LogP contribution in [0.25, 0.3) is 0 Å². The number of nitrogens with zero attached hydrogens (tertiary/aromatic N) is 5. The number of rotatable bonds is 9. The highest BCUT2D eigenvalue weighted by molar-refractivity contribution is 5.30. The quantitative estimate of drug-likeness (QED) is 0.435. The van der Waals surface area contributed by atoms with Gasteiger partial charge in [0.1, 0.15) is 11.6 Å². The Morgan fingerprint density at radius 3 is 2.56 bits per heavy atom. The number of unbranched alkanes of at least 4 members (excludes halogenated alkanes) is 1. The van der Waals surface area contributed by atoms with Gasteiger partial charge in [0.2, 0.25) is 0 Å². The number of nitrogens with one attached hydrogen (secondary N) is 1. The van der Waals surface area contributed by atoms with Gasteiger partial charge in [0.05, 0.1) is 6.54 Å². The summed E-state index contributed by atoms with van der Waals surface area (Å²) in [6.45, 7) is 4.47. The molecule has 2 aromatic carbocycles. The van der Waals surface area contributed by atoms with Crippen LogP contribution in [0.3, 0.4) is 0 Å². The van der Waals surface area contributed by atoms with Crippen LogP contribution in [0, 0.1) is 6.92 Å². The van der Waals surface area contributed by atoms with Crippen molar-refractivity contribution in [1.29, 1.82) is 0 Å². The Balaban J connectivity index is 1.54. The van der Waals surface area contributed by atoms with Crippen molar-refractivity contribution in [1.82, 2.24) is 30.2 Å². The van der Waals surface area contributed by atoms with Crippen LogP contribution in [0.2, 0.25) is 0 Å². The lowest BCUT2D eigenvalue weighted by atomic mass is 10.1. The number of aryl methyl sites for hydroxylation is 2. The third-order valence-electron chi connectivity index (χ3n) is 5.20. The number of aromatic amines is 1. The number of hydrogen-bond acceptors (Lipinski definition) is 6. The summed E-state index contributed by atoms with van der Waals surface area (Å²) in [6.07, 6.45) is 2.39. The fraction of sp³-hybridized carbons (Fsp3) is 0.292. The topological polar surface area (TPSA) is 98.6 Å². The van der Waals surface area contributed by atoms with E-state index in [0.717, 1.165) is 41.9 Å². The highest BCUT2D eigenvalue weighted by Gasteiger charge is 2.20. The highest BCUT2D eigenvalue weighted by Crippen LogP contribution is 2.26. The maximum Gasteiger partial charge on any atom is 0.254 e. The molecule has 1 unspecified atom stereocenters. The molecule has 0 aliphatic carbocycles. The van der Waals surface area contributed by atoms with Crippen LogP contribution in [0.1, 0.15) is 54.3 Å². The fourth-order valence-corrected chi connectivity index (χ4v) is 3.55. The number of benzene rings is 2. The van der Waals surface area contributed by atoms with Crippen molar-refractivity contribution >= 4 is 0 Å². The minimum Gasteiger partial charge on any atom is -0.478 e. The first-order valence-electron chi connectivity index (χ1n) is 10.8. The smallest absolute Gasteiger partial charge is 0.254 e. The Kier molecular flexibility index (Phi) is 6.69. The molecule has 0 spiro atoms. The van der Waals surface area contributed by atoms with E-state index in [2.05, 4.69) is 32.5 Å². The summed E-state index contributed by atoms with van der Waals surface area (Å²) in [6, 6.07) is 19.1. The van der Waals surface area contributed by atoms with E-state index in [1.807, 2.05) is 61.5 Å². The maximum absolute atomic E-state index is 12.6. The second-order valence-electron chi connectivity index (χ2n) is 7.68. The molecule has 2 aromatic heterocycles. The molecular formula is C24H26N6O2. The lowest BCUT2D eigenvalue weighted by molar-refractivity contribution is 0.237. The average Bonchev–Trinajstić information content (AvgIpc) is 3.34. The van der Waals surface area contributed by atoms with Crippen molar-refractivity contribution in [2.75, 3.05) is 0 Å². The van der Waals surface area contributed by atoms with E-state index in [9.17, 15) is 4.79 Å². The van der Waals surface area contributed by atoms with Crippen LogP contribution < -0.4 is 10.3 Å². The molecule has 4 rings (SSSR count). The SMILES string of the molecule is CCCCc1nc(C)cc(=O)n1Cc1ccc(OC(c2ccccc2)c2nnn[nH]2)cc1. The largest absolute Gasteiger partial charge is 0.478 e. The Bertz CT molecular complexity index is 1190. The zero-order valence-electron chi connectivity index (χ0n) is 18.2. The molecule has 0 aliphatic heterocycles. The van der Waals surface area contributed by atoms with Gasteiger partial charge in [-0.25, -0.2) is 10.1 Å². The minimum atomic E-state index is -0.457. The van der Waals surface area contributed by atoms with Crippen LogP contribution in [0.4, 0.5) is 0 Å². The number of H-pyrrole nitrogens is 1. The van der Waals surface area contributed by atoms with Crippen LogP contribution >= 0.6 is 0 Å². The molecule has 8 nitrogen and oxygen atoms in total. The van der Waals surface area contributed by atoms with E-state index in [-0.39, 0.29) is 5.56 Å². The van der Waals surface area contributed by atoms with Crippen molar-refractivity contribution in [3.8, 4) is 5.75 Å². The van der Waals surface area contributed by atoms with Gasteiger partial charge in [0, 0.05) is 23.7 Å². The van der Waals surface area contributed by atoms with Gasteiger partial charge in [-0.05, 0) is 41.5 Å². The summed E-state index contributed by atoms with van der Waals surface area (Å²) in [5.41, 5.74) is 2.68. The summed E-state index contributed by atoms with van der Waals surface area (Å²) in [5.74, 6) is 2.04. The van der Waals surface area contributed by atoms with Crippen molar-refractivity contribution in [2.24, 2.45) is 0 Å². The second kappa shape index (κ2) is 10.00. The first-order valence-corrected chi connectivity index (χ1v) is 10.8. The molecule has 0 radical (unpaired) electrons. The molecule has 0 saturated heterocycles. The molecule has 1 N–H and O–H groups in total. The normalized spacial score (nSPS) is 11.9. The number of ether oxygens (including phenoxy) is 1. The van der Waals surface area contributed by atoms with Gasteiger partial charge in [-0.1, -0.05) is 55.8 Å². The maximum atomic E-state index is 12.6. The molecule has 0 bridgehead atoms. The minimum absolute atomic E-state index is 0.0223. The number of tetrazole rings is 1. The van der Waals surface area contributed by atoms with Gasteiger partial charge in [-0.2, -0.15) is 0 Å². The first kappa shape index (κ1) is 21.4. The van der Waals surface area contributed by atoms with Gasteiger partial charge in [-0.15, -0.1) is 5.10 Å². The lowest BCUT2D eigenvalue weighted by Crippen LogP contribution is -2.25. The summed E-state index contributed by atoms with van der Waals surface area (Å²) in [4.78, 5) is 17.2. The van der Waals surface area contributed by atoms with Gasteiger partial charge < -0.3 is 4.74 Å². The molecule has 164 valence electrons. The van der Waals surface area contributed by atoms with E-state index < -0.39 is 6.10 Å². The lowest BCUT2D eigenvalue weighted by Gasteiger charge is -2.17. The summed E-state index contributed by atoms with van der Waals surface area (Å²) in [7, 11) is 0. The summed E-state index contributed by atoms with van der Waals surface area (Å²) in [5, 5.41) is 14.2. The van der Waals surface area contributed by atoms with Crippen molar-refractivity contribution < 1.29 is 4.74 Å². The average molecular weight is 431 g/mol. The van der Waals surface area contributed by atoms with Crippen molar-refractivity contribution in [3.63, 3.8) is 0 Å². The molecular weight excluding hydrogens is 404 g/mol. The molecule has 0 amide bonds. The van der Waals surface area contributed by atoms with Gasteiger partial charge in [0.15, 0.2) is 11.9 Å².